The van der Waals surface area contributed by atoms with E-state index in [9.17, 15) is 19.5 Å². The van der Waals surface area contributed by atoms with Crippen molar-refractivity contribution >= 4 is 29.3 Å². The smallest absolute Gasteiger partial charge is 0.312 e. The van der Waals surface area contributed by atoms with Gasteiger partial charge in [-0.1, -0.05) is 23.7 Å². The third-order valence-electron chi connectivity index (χ3n) is 5.11. The first-order valence-corrected chi connectivity index (χ1v) is 10.1. The number of carbonyl (C=O) groups excluding carboxylic acids is 3. The first kappa shape index (κ1) is 21.4. The summed E-state index contributed by atoms with van der Waals surface area (Å²) < 4.78 is 10.7. The summed E-state index contributed by atoms with van der Waals surface area (Å²) in [5, 5.41) is 11.5. The number of carbonyl (C=O) groups is 3. The van der Waals surface area contributed by atoms with E-state index in [1.807, 2.05) is 0 Å². The Hall–Kier alpha value is -3.84. The van der Waals surface area contributed by atoms with Crippen LogP contribution in [0.4, 0.5) is 0 Å². The molecule has 0 radical (unpaired) electrons. The van der Waals surface area contributed by atoms with E-state index in [0.29, 0.717) is 27.5 Å². The molecule has 1 amide bonds. The van der Waals surface area contributed by atoms with Gasteiger partial charge in [0.15, 0.2) is 12.4 Å². The number of phenolic OH excluding ortho intramolecular Hbond substituents is 1. The number of phenols is 1. The summed E-state index contributed by atoms with van der Waals surface area (Å²) in [6.07, 6.45) is -0.0432. The van der Waals surface area contributed by atoms with Crippen molar-refractivity contribution in [2.24, 2.45) is 5.73 Å². The summed E-state index contributed by atoms with van der Waals surface area (Å²) in [5.74, 6) is -1.76. The first-order valence-electron chi connectivity index (χ1n) is 9.71. The monoisotopic (exact) mass is 451 g/mol. The second kappa shape index (κ2) is 8.72. The maximum atomic E-state index is 13.0. The fourth-order valence-corrected chi connectivity index (χ4v) is 3.77. The number of amides is 1. The van der Waals surface area contributed by atoms with Crippen molar-refractivity contribution in [3.8, 4) is 17.2 Å². The zero-order chi connectivity index (χ0) is 22.8. The Balaban J connectivity index is 1.75. The summed E-state index contributed by atoms with van der Waals surface area (Å²) in [7, 11) is 0. The Labute approximate surface area is 188 Å². The molecule has 1 atom stereocenters. The van der Waals surface area contributed by atoms with Gasteiger partial charge >= 0.3 is 5.97 Å². The number of ketones is 1. The lowest BCUT2D eigenvalue weighted by Gasteiger charge is -2.26. The number of rotatable bonds is 6. The minimum atomic E-state index is -0.620. The van der Waals surface area contributed by atoms with Crippen molar-refractivity contribution in [1.82, 2.24) is 0 Å². The molecule has 0 saturated heterocycles. The van der Waals surface area contributed by atoms with Gasteiger partial charge in [0.25, 0.3) is 5.91 Å². The van der Waals surface area contributed by atoms with E-state index in [2.05, 4.69) is 0 Å². The molecule has 4 rings (SSSR count). The molecular formula is C24H18ClNO6. The molecule has 32 heavy (non-hydrogen) atoms. The summed E-state index contributed by atoms with van der Waals surface area (Å²) >= 11 is 5.90. The maximum absolute atomic E-state index is 13.0. The standard InChI is InChI=1S/C24H18ClNO6/c25-15-6-4-13(5-7-15)23(29)17-8-9-19-22(24(17)30)18(11-21(28)32-19)14-2-1-3-16(10-14)31-12-20(26)27/h1-10,18,30H,11-12H2,(H2,26,27)/t18-/m1/s1. The Morgan fingerprint density at radius 1 is 1.12 bits per heavy atom. The van der Waals surface area contributed by atoms with Crippen LogP contribution in [0.3, 0.4) is 0 Å². The number of nitrogens with two attached hydrogens (primary N) is 1. The highest BCUT2D eigenvalue weighted by atomic mass is 35.5. The van der Waals surface area contributed by atoms with Crippen LogP contribution in [0.25, 0.3) is 0 Å². The Morgan fingerprint density at radius 3 is 2.59 bits per heavy atom. The van der Waals surface area contributed by atoms with Crippen LogP contribution in [0.15, 0.2) is 60.7 Å². The van der Waals surface area contributed by atoms with Gasteiger partial charge in [0.05, 0.1) is 12.0 Å². The van der Waals surface area contributed by atoms with Crippen molar-refractivity contribution in [3.63, 3.8) is 0 Å². The number of halogens is 1. The Morgan fingerprint density at radius 2 is 1.88 bits per heavy atom. The highest BCUT2D eigenvalue weighted by Gasteiger charge is 2.33. The molecule has 0 bridgehead atoms. The number of primary amides is 1. The largest absolute Gasteiger partial charge is 0.507 e. The van der Waals surface area contributed by atoms with Crippen LogP contribution < -0.4 is 15.2 Å². The summed E-state index contributed by atoms with van der Waals surface area (Å²) in [6, 6.07) is 16.0. The van der Waals surface area contributed by atoms with Gasteiger partial charge < -0.3 is 20.3 Å². The summed E-state index contributed by atoms with van der Waals surface area (Å²) in [4.78, 5) is 36.2. The molecule has 3 aromatic carbocycles. The zero-order valence-corrected chi connectivity index (χ0v) is 17.5. The fraction of sp³-hybridized carbons (Fsp3) is 0.125. The molecular weight excluding hydrogens is 434 g/mol. The number of benzene rings is 3. The van der Waals surface area contributed by atoms with E-state index in [1.54, 1.807) is 48.5 Å². The lowest BCUT2D eigenvalue weighted by Crippen LogP contribution is -2.22. The molecule has 1 aliphatic heterocycles. The maximum Gasteiger partial charge on any atom is 0.312 e. The fourth-order valence-electron chi connectivity index (χ4n) is 3.65. The van der Waals surface area contributed by atoms with Crippen LogP contribution in [0.1, 0.15) is 39.4 Å². The second-order valence-electron chi connectivity index (χ2n) is 7.27. The van der Waals surface area contributed by atoms with Crippen LogP contribution in [-0.4, -0.2) is 29.4 Å². The zero-order valence-electron chi connectivity index (χ0n) is 16.7. The third kappa shape index (κ3) is 4.29. The molecule has 7 nitrogen and oxygen atoms in total. The molecule has 162 valence electrons. The number of hydrogen-bond acceptors (Lipinski definition) is 6. The van der Waals surface area contributed by atoms with Gasteiger partial charge in [-0.15, -0.1) is 0 Å². The minimum absolute atomic E-state index is 0.0432. The molecule has 0 fully saturated rings. The number of esters is 1. The van der Waals surface area contributed by atoms with Crippen LogP contribution in [0.5, 0.6) is 17.2 Å². The Bertz CT molecular complexity index is 1220. The van der Waals surface area contributed by atoms with Crippen molar-refractivity contribution in [3.05, 3.63) is 87.9 Å². The lowest BCUT2D eigenvalue weighted by atomic mass is 9.84. The molecule has 0 aromatic heterocycles. The number of aromatic hydroxyl groups is 1. The van der Waals surface area contributed by atoms with E-state index >= 15 is 0 Å². The molecule has 8 heteroatoms. The van der Waals surface area contributed by atoms with Crippen LogP contribution >= 0.6 is 11.6 Å². The van der Waals surface area contributed by atoms with E-state index in [4.69, 9.17) is 26.8 Å². The third-order valence-corrected chi connectivity index (χ3v) is 5.36. The molecule has 3 aromatic rings. The number of hydrogen-bond donors (Lipinski definition) is 2. The molecule has 0 saturated carbocycles. The van der Waals surface area contributed by atoms with Gasteiger partial charge in [-0.25, -0.2) is 0 Å². The lowest BCUT2D eigenvalue weighted by molar-refractivity contribution is -0.135. The first-order chi connectivity index (χ1) is 15.3. The van der Waals surface area contributed by atoms with Crippen molar-refractivity contribution in [1.29, 1.82) is 0 Å². The normalized spacial score (nSPS) is 14.9. The summed E-state index contributed by atoms with van der Waals surface area (Å²) in [6.45, 7) is -0.294. The van der Waals surface area contributed by atoms with Crippen LogP contribution in [-0.2, 0) is 9.59 Å². The van der Waals surface area contributed by atoms with Gasteiger partial charge in [-0.2, -0.15) is 0 Å². The predicted octanol–water partition coefficient (Wildman–Crippen LogP) is 3.58. The highest BCUT2D eigenvalue weighted by Crippen LogP contribution is 2.46. The van der Waals surface area contributed by atoms with Crippen LogP contribution in [0.2, 0.25) is 5.02 Å². The molecule has 1 heterocycles. The van der Waals surface area contributed by atoms with Gasteiger partial charge in [-0.05, 0) is 54.1 Å². The van der Waals surface area contributed by atoms with E-state index in [-0.39, 0.29) is 30.1 Å². The van der Waals surface area contributed by atoms with Crippen molar-refractivity contribution < 1.29 is 29.0 Å². The van der Waals surface area contributed by atoms with Gasteiger partial charge in [0.2, 0.25) is 0 Å². The van der Waals surface area contributed by atoms with Gasteiger partial charge in [0, 0.05) is 22.1 Å². The SMILES string of the molecule is NC(=O)COc1cccc([C@H]2CC(=O)Oc3ccc(C(=O)c4ccc(Cl)cc4)c(O)c32)c1. The molecule has 3 N–H and O–H groups in total. The average Bonchev–Trinajstić information content (AvgIpc) is 2.77. The van der Waals surface area contributed by atoms with Crippen molar-refractivity contribution in [2.45, 2.75) is 12.3 Å². The van der Waals surface area contributed by atoms with Gasteiger partial charge in [-0.3, -0.25) is 14.4 Å². The minimum Gasteiger partial charge on any atom is -0.507 e. The number of ether oxygens (including phenoxy) is 2. The molecule has 0 aliphatic carbocycles. The van der Waals surface area contributed by atoms with E-state index in [0.717, 1.165) is 0 Å². The number of fused-ring (bicyclic) bond motifs is 1. The quantitative estimate of drug-likeness (QED) is 0.336. The molecule has 0 unspecified atom stereocenters. The van der Waals surface area contributed by atoms with E-state index in [1.165, 1.54) is 12.1 Å². The molecule has 0 spiro atoms. The summed E-state index contributed by atoms with van der Waals surface area (Å²) in [5.41, 5.74) is 6.54. The second-order valence-corrected chi connectivity index (χ2v) is 7.70. The van der Waals surface area contributed by atoms with E-state index < -0.39 is 23.6 Å². The Kier molecular flexibility index (Phi) is 5.83. The topological polar surface area (TPSA) is 116 Å². The van der Waals surface area contributed by atoms with Crippen molar-refractivity contribution in [2.75, 3.05) is 6.61 Å². The highest BCUT2D eigenvalue weighted by molar-refractivity contribution is 6.30. The predicted molar refractivity (Wildman–Crippen MR) is 116 cm³/mol. The molecule has 1 aliphatic rings. The average molecular weight is 452 g/mol. The van der Waals surface area contributed by atoms with Crippen LogP contribution in [0, 0.1) is 0 Å². The van der Waals surface area contributed by atoms with Gasteiger partial charge in [0.1, 0.15) is 17.2 Å².